The number of ether oxygens (including phenoxy) is 12. The number of aliphatic hydroxyl groups excluding tert-OH is 2. The molecule has 2 unspecified atom stereocenters. The van der Waals surface area contributed by atoms with Crippen molar-refractivity contribution in [3.05, 3.63) is 23.8 Å². The molecule has 3 saturated heterocycles. The molecule has 4 aliphatic heterocycles. The fourth-order valence-corrected chi connectivity index (χ4v) is 10.6. The lowest BCUT2D eigenvalue weighted by Crippen LogP contribution is -2.66. The lowest BCUT2D eigenvalue weighted by molar-refractivity contribution is -0.344. The van der Waals surface area contributed by atoms with Gasteiger partial charge in [-0.1, -0.05) is 45.4 Å². The Balaban J connectivity index is 1.69. The summed E-state index contributed by atoms with van der Waals surface area (Å²) in [5.74, 6) is -4.40. The summed E-state index contributed by atoms with van der Waals surface area (Å²) in [4.78, 5) is 68.1. The van der Waals surface area contributed by atoms with Crippen LogP contribution in [0.3, 0.4) is 0 Å². The van der Waals surface area contributed by atoms with E-state index in [1.807, 2.05) is 26.8 Å². The molecule has 0 aliphatic carbocycles. The Kier molecular flexibility index (Phi) is 24.7. The van der Waals surface area contributed by atoms with Crippen LogP contribution in [0.5, 0.6) is 0 Å². The molecule has 0 bridgehead atoms. The molecule has 4 heterocycles. The van der Waals surface area contributed by atoms with Gasteiger partial charge >= 0.3 is 17.9 Å². The highest BCUT2D eigenvalue weighted by Crippen LogP contribution is 2.38. The SMILES string of the molecule is CC[C@H]1OC(=O)C[C@@H](OC(C)=O)C(OC)[C@@H](O[C@@H]2O[C@H](C)[C@@H](O[C@H]3C[C@@](C)(O)[C@@H](OC(=O)CC(C)C)[C@H](C)O3)[C@H](N(C)C)[C@H]2O)C(CC=O)C[C@@H](C)C(=O)/C=C/C(C)=C/[C@@H]1CO[C@@H]1O[C@H](C)[C@@H](O)[C@@H](OC)[C@H]1OC. The molecule has 0 spiro atoms. The van der Waals surface area contributed by atoms with Crippen LogP contribution in [-0.4, -0.2) is 202 Å². The van der Waals surface area contributed by atoms with Crippen LogP contribution in [-0.2, 0) is 80.8 Å². The normalized spacial score (nSPS) is 41.2. The predicted molar refractivity (Wildman–Crippen MR) is 265 cm³/mol. The molecule has 4 rings (SSSR count). The summed E-state index contributed by atoms with van der Waals surface area (Å²) in [5, 5.41) is 34.6. The van der Waals surface area contributed by atoms with E-state index in [0.717, 1.165) is 0 Å². The highest BCUT2D eigenvalue weighted by atomic mass is 16.7. The molecule has 21 heteroatoms. The van der Waals surface area contributed by atoms with Crippen LogP contribution >= 0.6 is 0 Å². The van der Waals surface area contributed by atoms with E-state index in [2.05, 4.69) is 0 Å². The lowest BCUT2D eigenvalue weighted by atomic mass is 9.82. The van der Waals surface area contributed by atoms with Gasteiger partial charge in [-0.15, -0.1) is 0 Å². The van der Waals surface area contributed by atoms with Crippen molar-refractivity contribution in [2.45, 2.75) is 218 Å². The summed E-state index contributed by atoms with van der Waals surface area (Å²) in [6.07, 6.45) is -11.2. The Morgan fingerprint density at radius 2 is 1.51 bits per heavy atom. The molecule has 21 nitrogen and oxygen atoms in total. The van der Waals surface area contributed by atoms with Gasteiger partial charge in [0.1, 0.15) is 60.7 Å². The Hall–Kier alpha value is -3.29. The summed E-state index contributed by atoms with van der Waals surface area (Å²) in [7, 11) is 7.68. The molecule has 0 aromatic rings. The minimum Gasteiger partial charge on any atom is -0.462 e. The number of hydrogen-bond acceptors (Lipinski definition) is 21. The number of nitrogens with zero attached hydrogens (tertiary/aromatic N) is 1. The van der Waals surface area contributed by atoms with Crippen LogP contribution in [0.4, 0.5) is 0 Å². The smallest absolute Gasteiger partial charge is 0.309 e. The summed E-state index contributed by atoms with van der Waals surface area (Å²) in [6.45, 7) is 16.8. The predicted octanol–water partition coefficient (Wildman–Crippen LogP) is 3.38. The van der Waals surface area contributed by atoms with Gasteiger partial charge in [0.2, 0.25) is 0 Å². The number of cyclic esters (lactones) is 1. The molecular formula is C53H87NO20. The average molecular weight is 1060 g/mol. The van der Waals surface area contributed by atoms with E-state index >= 15 is 0 Å². The zero-order chi connectivity index (χ0) is 55.4. The number of likely N-dealkylation sites (N-methyl/N-ethyl adjacent to an activating group) is 1. The summed E-state index contributed by atoms with van der Waals surface area (Å²) in [6, 6.07) is -0.851. The van der Waals surface area contributed by atoms with Crippen LogP contribution in [0.15, 0.2) is 23.8 Å². The third kappa shape index (κ3) is 16.9. The molecular weight excluding hydrogens is 971 g/mol. The van der Waals surface area contributed by atoms with Crippen molar-refractivity contribution >= 4 is 30.0 Å². The minimum absolute atomic E-state index is 0.0462. The molecule has 3 fully saturated rings. The maximum absolute atomic E-state index is 14.3. The van der Waals surface area contributed by atoms with Gasteiger partial charge in [0.05, 0.1) is 43.5 Å². The molecule has 74 heavy (non-hydrogen) atoms. The van der Waals surface area contributed by atoms with Gasteiger partial charge in [-0.25, -0.2) is 0 Å². The lowest BCUT2D eigenvalue weighted by Gasteiger charge is -2.50. The van der Waals surface area contributed by atoms with Gasteiger partial charge in [-0.3, -0.25) is 19.2 Å². The minimum atomic E-state index is -1.54. The van der Waals surface area contributed by atoms with Gasteiger partial charge in [0.15, 0.2) is 30.8 Å². The first-order valence-electron chi connectivity index (χ1n) is 25.9. The van der Waals surface area contributed by atoms with Crippen molar-refractivity contribution in [3.63, 3.8) is 0 Å². The molecule has 0 aromatic heterocycles. The number of hydrogen-bond donors (Lipinski definition) is 3. The van der Waals surface area contributed by atoms with Crippen LogP contribution < -0.4 is 0 Å². The monoisotopic (exact) mass is 1060 g/mol. The number of aldehydes is 1. The number of carbonyl (C=O) groups excluding carboxylic acids is 5. The Morgan fingerprint density at radius 1 is 0.865 bits per heavy atom. The van der Waals surface area contributed by atoms with Crippen LogP contribution in [0, 0.1) is 23.7 Å². The highest BCUT2D eigenvalue weighted by molar-refractivity contribution is 5.91. The number of ketones is 1. The second-order valence-electron chi connectivity index (χ2n) is 21.2. The molecule has 0 amide bonds. The molecule has 4 aliphatic rings. The zero-order valence-corrected chi connectivity index (χ0v) is 46.1. The van der Waals surface area contributed by atoms with Crippen molar-refractivity contribution in [2.24, 2.45) is 23.7 Å². The molecule has 0 aromatic carbocycles. The van der Waals surface area contributed by atoms with Crippen molar-refractivity contribution in [2.75, 3.05) is 42.0 Å². The van der Waals surface area contributed by atoms with Gasteiger partial charge in [-0.05, 0) is 79.5 Å². The maximum atomic E-state index is 14.3. The number of allylic oxidation sites excluding steroid dienone is 3. The number of carbonyl (C=O) groups is 5. The Bertz CT molecular complexity index is 1880. The summed E-state index contributed by atoms with van der Waals surface area (Å²) >= 11 is 0. The van der Waals surface area contributed by atoms with E-state index in [1.54, 1.807) is 66.6 Å². The van der Waals surface area contributed by atoms with E-state index in [4.69, 9.17) is 56.8 Å². The van der Waals surface area contributed by atoms with Gasteiger partial charge in [0, 0.05) is 59.4 Å². The van der Waals surface area contributed by atoms with Crippen LogP contribution in [0.2, 0.25) is 0 Å². The summed E-state index contributed by atoms with van der Waals surface area (Å²) in [5.41, 5.74) is -0.897. The first-order chi connectivity index (χ1) is 34.8. The molecule has 21 atom stereocenters. The van der Waals surface area contributed by atoms with Gasteiger partial charge in [-0.2, -0.15) is 0 Å². The van der Waals surface area contributed by atoms with Crippen LogP contribution in [0.1, 0.15) is 108 Å². The highest BCUT2D eigenvalue weighted by Gasteiger charge is 2.53. The topological polar surface area (TPSA) is 260 Å². The van der Waals surface area contributed by atoms with E-state index in [1.165, 1.54) is 34.3 Å². The third-order valence-corrected chi connectivity index (χ3v) is 14.4. The van der Waals surface area contributed by atoms with Crippen LogP contribution in [0.25, 0.3) is 0 Å². The molecule has 3 N–H and O–H groups in total. The fourth-order valence-electron chi connectivity index (χ4n) is 10.6. The standard InChI is InChI=1S/C53H87NO20/c1-16-37-35(26-66-52-49(65-15)48(64-14)43(60)30(6)68-52)22-28(4)17-18-36(57)29(5)23-34(19-20-55)46(47(63-13)38(70-33(9)56)24-40(59)71-37)74-51-44(61)42(54(11)12)45(31(7)69-51)73-41-25-53(10,62)50(32(8)67-41)72-39(58)21-27(2)3/h17-18,20,22,27,29-32,34-35,37-38,41-52,60-62H,16,19,21,23-26H2,1-15H3/b18-17+,28-22+/t29-,30-,31-,32+,34?,35-,37-,38-,41+,42-,43-,44-,45-,46+,47?,48-,49-,50+,51+,52-,53-/m1/s1. The maximum Gasteiger partial charge on any atom is 0.309 e. The van der Waals surface area contributed by atoms with Gasteiger partial charge < -0.3 is 81.9 Å². The number of rotatable bonds is 18. The molecule has 424 valence electrons. The Labute approximate surface area is 437 Å². The first-order valence-corrected chi connectivity index (χ1v) is 25.9. The number of esters is 3. The number of aliphatic hydroxyl groups is 3. The second kappa shape index (κ2) is 28.9. The Morgan fingerprint density at radius 3 is 2.08 bits per heavy atom. The van der Waals surface area contributed by atoms with Crippen molar-refractivity contribution in [3.8, 4) is 0 Å². The average Bonchev–Trinajstić information content (AvgIpc) is 3.31. The van der Waals surface area contributed by atoms with E-state index in [9.17, 15) is 39.3 Å². The van der Waals surface area contributed by atoms with Crippen molar-refractivity contribution < 1.29 is 96.1 Å². The molecule has 0 saturated carbocycles. The fraction of sp³-hybridized carbons (Fsp3) is 0.830. The largest absolute Gasteiger partial charge is 0.462 e. The third-order valence-electron chi connectivity index (χ3n) is 14.4. The second-order valence-corrected chi connectivity index (χ2v) is 21.2. The van der Waals surface area contributed by atoms with Crippen molar-refractivity contribution in [1.29, 1.82) is 0 Å². The van der Waals surface area contributed by atoms with Crippen molar-refractivity contribution in [1.82, 2.24) is 4.90 Å². The molecule has 0 radical (unpaired) electrons. The van der Waals surface area contributed by atoms with E-state index in [0.29, 0.717) is 18.3 Å². The quantitative estimate of drug-likeness (QED) is 0.101. The van der Waals surface area contributed by atoms with Gasteiger partial charge in [0.25, 0.3) is 0 Å². The van der Waals surface area contributed by atoms with E-state index in [-0.39, 0.29) is 44.0 Å². The number of methoxy groups -OCH3 is 3. The van der Waals surface area contributed by atoms with E-state index < -0.39 is 152 Å². The zero-order valence-electron chi connectivity index (χ0n) is 46.1. The first kappa shape index (κ1) is 63.2. The summed E-state index contributed by atoms with van der Waals surface area (Å²) < 4.78 is 73.2.